The first-order valence-electron chi connectivity index (χ1n) is 18.0. The van der Waals surface area contributed by atoms with Crippen LogP contribution in [0.1, 0.15) is 64.3 Å². The van der Waals surface area contributed by atoms with Crippen LogP contribution in [0.3, 0.4) is 0 Å². The summed E-state index contributed by atoms with van der Waals surface area (Å²) in [7, 11) is 2.57. The zero-order valence-corrected chi connectivity index (χ0v) is 32.6. The van der Waals surface area contributed by atoms with Gasteiger partial charge in [0, 0.05) is 27.4 Å². The van der Waals surface area contributed by atoms with Crippen LogP contribution in [0.2, 0.25) is 0 Å². The van der Waals surface area contributed by atoms with Crippen molar-refractivity contribution in [2.45, 2.75) is 64.7 Å². The highest BCUT2D eigenvalue weighted by Gasteiger charge is 2.38. The summed E-state index contributed by atoms with van der Waals surface area (Å²) in [6.07, 6.45) is 6.09. The number of aromatic nitrogens is 4. The number of alkyl carbamates (subject to hydrolysis) is 2. The number of methoxy groups -OCH3 is 2. The van der Waals surface area contributed by atoms with Crippen molar-refractivity contribution in [3.8, 4) is 21.0 Å². The SMILES string of the molecule is COC(=O)NC(C(=O)N1CC=CC1c1nc2ccc(-c3cc4sc(-c5cnc(C6CCCN6C(=O)[C@@H](NC(=O)OC)C(C)C)[nH]5)cc4s3)cc2[nH]1)C(C)C. The van der Waals surface area contributed by atoms with Gasteiger partial charge < -0.3 is 39.9 Å². The van der Waals surface area contributed by atoms with Crippen molar-refractivity contribution in [1.29, 1.82) is 0 Å². The van der Waals surface area contributed by atoms with Crippen LogP contribution >= 0.6 is 22.7 Å². The lowest BCUT2D eigenvalue weighted by Crippen LogP contribution is -2.51. The Bertz CT molecular complexity index is 2200. The molecule has 284 valence electrons. The molecule has 0 aliphatic carbocycles. The van der Waals surface area contributed by atoms with E-state index >= 15 is 0 Å². The number of benzene rings is 1. The number of amides is 4. The van der Waals surface area contributed by atoms with Gasteiger partial charge in [-0.2, -0.15) is 0 Å². The molecular formula is C38H44N8O6S2. The van der Waals surface area contributed by atoms with Gasteiger partial charge in [0.1, 0.15) is 29.8 Å². The zero-order valence-electron chi connectivity index (χ0n) is 31.0. The summed E-state index contributed by atoms with van der Waals surface area (Å²) in [5.74, 6) is 0.819. The van der Waals surface area contributed by atoms with Crippen LogP contribution in [-0.2, 0) is 19.1 Å². The van der Waals surface area contributed by atoms with Crippen molar-refractivity contribution >= 4 is 67.1 Å². The molecule has 4 N–H and O–H groups in total. The van der Waals surface area contributed by atoms with Crippen LogP contribution in [0.5, 0.6) is 0 Å². The van der Waals surface area contributed by atoms with Crippen LogP contribution in [0, 0.1) is 11.8 Å². The number of nitrogens with one attached hydrogen (secondary N) is 4. The monoisotopic (exact) mass is 772 g/mol. The molecule has 5 aromatic rings. The molecule has 4 amide bonds. The van der Waals surface area contributed by atoms with E-state index in [0.29, 0.717) is 18.9 Å². The average molecular weight is 773 g/mol. The van der Waals surface area contributed by atoms with Crippen LogP contribution in [-0.4, -0.2) is 93.1 Å². The Morgan fingerprint density at radius 2 is 1.50 bits per heavy atom. The third-order valence-corrected chi connectivity index (χ3v) is 12.4. The van der Waals surface area contributed by atoms with Crippen LogP contribution in [0.4, 0.5) is 9.59 Å². The van der Waals surface area contributed by atoms with Gasteiger partial charge in [0.15, 0.2) is 0 Å². The van der Waals surface area contributed by atoms with Crippen LogP contribution < -0.4 is 10.6 Å². The van der Waals surface area contributed by atoms with Gasteiger partial charge in [0.25, 0.3) is 0 Å². The molecule has 1 fully saturated rings. The van der Waals surface area contributed by atoms with Crippen LogP contribution in [0.15, 0.2) is 48.7 Å². The van der Waals surface area contributed by atoms with E-state index in [0.717, 1.165) is 60.1 Å². The van der Waals surface area contributed by atoms with Crippen molar-refractivity contribution in [2.75, 3.05) is 27.3 Å². The first kappa shape index (κ1) is 37.1. The van der Waals surface area contributed by atoms with Gasteiger partial charge in [-0.25, -0.2) is 19.6 Å². The number of fused-ring (bicyclic) bond motifs is 2. The molecule has 0 bridgehead atoms. The van der Waals surface area contributed by atoms with E-state index in [-0.39, 0.29) is 35.7 Å². The van der Waals surface area contributed by atoms with Gasteiger partial charge in [0.05, 0.1) is 48.1 Å². The molecule has 2 aliphatic rings. The second-order valence-electron chi connectivity index (χ2n) is 14.3. The highest BCUT2D eigenvalue weighted by atomic mass is 32.1. The second kappa shape index (κ2) is 15.3. The van der Waals surface area contributed by atoms with E-state index in [9.17, 15) is 19.2 Å². The van der Waals surface area contributed by atoms with Crippen molar-refractivity contribution in [1.82, 2.24) is 40.4 Å². The van der Waals surface area contributed by atoms with Gasteiger partial charge in [0.2, 0.25) is 11.8 Å². The number of carbonyl (C=O) groups excluding carboxylic acids is 4. The summed E-state index contributed by atoms with van der Waals surface area (Å²) < 4.78 is 11.8. The predicted octanol–water partition coefficient (Wildman–Crippen LogP) is 6.76. The summed E-state index contributed by atoms with van der Waals surface area (Å²) in [6.45, 7) is 8.59. The first-order valence-corrected chi connectivity index (χ1v) is 19.6. The highest BCUT2D eigenvalue weighted by Crippen LogP contribution is 2.42. The molecule has 4 atom stereocenters. The number of hydrogen-bond donors (Lipinski definition) is 4. The number of nitrogens with zero attached hydrogens (tertiary/aromatic N) is 4. The van der Waals surface area contributed by atoms with E-state index in [2.05, 4.69) is 44.9 Å². The molecule has 1 aromatic carbocycles. The van der Waals surface area contributed by atoms with Gasteiger partial charge in [-0.05, 0) is 54.5 Å². The molecule has 14 nitrogen and oxygen atoms in total. The molecule has 54 heavy (non-hydrogen) atoms. The number of hydrogen-bond acceptors (Lipinski definition) is 10. The maximum Gasteiger partial charge on any atom is 0.407 e. The second-order valence-corrected chi connectivity index (χ2v) is 16.4. The summed E-state index contributed by atoms with van der Waals surface area (Å²) >= 11 is 3.39. The molecule has 1 saturated heterocycles. The van der Waals surface area contributed by atoms with E-state index in [1.165, 1.54) is 14.2 Å². The smallest absolute Gasteiger partial charge is 0.407 e. The molecule has 2 aliphatic heterocycles. The third-order valence-electron chi connectivity index (χ3n) is 10.0. The van der Waals surface area contributed by atoms with E-state index in [4.69, 9.17) is 19.4 Å². The third kappa shape index (κ3) is 7.19. The van der Waals surface area contributed by atoms with Crippen LogP contribution in [0.25, 0.3) is 41.4 Å². The van der Waals surface area contributed by atoms with Gasteiger partial charge in [-0.3, -0.25) is 9.59 Å². The van der Waals surface area contributed by atoms with Crippen molar-refractivity contribution in [3.05, 3.63) is 60.3 Å². The molecule has 0 radical (unpaired) electrons. The molecule has 6 heterocycles. The van der Waals surface area contributed by atoms with Crippen molar-refractivity contribution in [2.24, 2.45) is 11.8 Å². The minimum Gasteiger partial charge on any atom is -0.453 e. The van der Waals surface area contributed by atoms with Gasteiger partial charge >= 0.3 is 12.2 Å². The summed E-state index contributed by atoms with van der Waals surface area (Å²) in [5, 5.41) is 5.38. The fraction of sp³-hybridized carbons (Fsp3) is 0.421. The lowest BCUT2D eigenvalue weighted by Gasteiger charge is -2.30. The molecule has 16 heteroatoms. The minimum absolute atomic E-state index is 0.104. The normalized spacial score (nSPS) is 18.2. The molecule has 4 aromatic heterocycles. The van der Waals surface area contributed by atoms with E-state index in [1.807, 2.05) is 57.0 Å². The minimum atomic E-state index is -0.728. The summed E-state index contributed by atoms with van der Waals surface area (Å²) in [6, 6.07) is 8.50. The Morgan fingerprint density at radius 1 is 0.852 bits per heavy atom. The maximum absolute atomic E-state index is 13.6. The Balaban J connectivity index is 1.06. The van der Waals surface area contributed by atoms with E-state index in [1.54, 1.807) is 27.6 Å². The topological polar surface area (TPSA) is 175 Å². The number of aromatic amines is 2. The fourth-order valence-corrected chi connectivity index (χ4v) is 9.48. The summed E-state index contributed by atoms with van der Waals surface area (Å²) in [5.41, 5.74) is 3.62. The molecule has 3 unspecified atom stereocenters. The van der Waals surface area contributed by atoms with Gasteiger partial charge in [-0.1, -0.05) is 45.9 Å². The van der Waals surface area contributed by atoms with E-state index < -0.39 is 24.3 Å². The number of H-pyrrole nitrogens is 2. The highest BCUT2D eigenvalue weighted by molar-refractivity contribution is 7.31. The predicted molar refractivity (Wildman–Crippen MR) is 208 cm³/mol. The number of thiophene rings is 2. The summed E-state index contributed by atoms with van der Waals surface area (Å²) in [4.78, 5) is 73.2. The Labute approximate surface area is 320 Å². The number of rotatable bonds is 10. The standard InChI is InChI=1S/C38H44N8O6S2/c1-19(2)31(43-37(49)51-5)35(47)45-13-7-9-25(45)33-39-18-24(42-33)28-17-30-29(54-28)16-27(53-30)21-11-12-22-23(15-21)41-34(40-22)26-10-8-14-46(26)36(48)32(20(3)4)44-38(50)52-6/h8,10-12,15-20,25-26,31-32H,7,9,13-14H2,1-6H3,(H,39,42)(H,40,41)(H,43,49)(H,44,50)/t25?,26?,31-,32?/m0/s1. The number of carbonyl (C=O) groups is 4. The lowest BCUT2D eigenvalue weighted by molar-refractivity contribution is -0.136. The largest absolute Gasteiger partial charge is 0.453 e. The van der Waals surface area contributed by atoms with Crippen molar-refractivity contribution in [3.63, 3.8) is 0 Å². The Morgan fingerprint density at radius 3 is 2.17 bits per heavy atom. The maximum atomic E-state index is 13.6. The zero-order chi connectivity index (χ0) is 38.3. The Hall–Kier alpha value is -5.22. The number of imidazole rings is 2. The lowest BCUT2D eigenvalue weighted by atomic mass is 10.0. The van der Waals surface area contributed by atoms with Crippen molar-refractivity contribution < 1.29 is 28.7 Å². The number of ether oxygens (including phenoxy) is 2. The average Bonchev–Trinajstić information content (AvgIpc) is 3.99. The fourth-order valence-electron chi connectivity index (χ4n) is 7.12. The molecule has 0 saturated carbocycles. The molecular weight excluding hydrogens is 729 g/mol. The number of likely N-dealkylation sites (tertiary alicyclic amines) is 1. The molecule has 0 spiro atoms. The molecule has 7 rings (SSSR count). The van der Waals surface area contributed by atoms with Gasteiger partial charge in [-0.15, -0.1) is 22.7 Å². The Kier molecular flexibility index (Phi) is 10.5. The first-order chi connectivity index (χ1) is 25.9. The quantitative estimate of drug-likeness (QED) is 0.113.